The average Bonchev–Trinajstić information content (AvgIpc) is 3.02. The lowest BCUT2D eigenvalue weighted by Crippen LogP contribution is -2.17. The van der Waals surface area contributed by atoms with Gasteiger partial charge < -0.3 is 5.32 Å². The van der Waals surface area contributed by atoms with E-state index >= 15 is 0 Å². The van der Waals surface area contributed by atoms with Gasteiger partial charge in [0.05, 0.1) is 10.7 Å². The van der Waals surface area contributed by atoms with Crippen molar-refractivity contribution < 1.29 is 0 Å². The maximum absolute atomic E-state index is 4.92. The molecule has 1 aliphatic carbocycles. The number of hydrogen-bond donors (Lipinski definition) is 1. The maximum Gasteiger partial charge on any atom is 0.171 e. The Morgan fingerprint density at radius 2 is 1.96 bits per heavy atom. The van der Waals surface area contributed by atoms with Crippen molar-refractivity contribution in [1.29, 1.82) is 0 Å². The molecular formula is C19H23BrN6. The Kier molecular flexibility index (Phi) is 4.89. The molecule has 0 aliphatic heterocycles. The average molecular weight is 415 g/mol. The van der Waals surface area contributed by atoms with Gasteiger partial charge in [0.2, 0.25) is 0 Å². The first-order valence-corrected chi connectivity index (χ1v) is 9.96. The number of anilines is 1. The molecule has 1 saturated carbocycles. The third-order valence-corrected chi connectivity index (χ3v) is 5.81. The van der Waals surface area contributed by atoms with Crippen LogP contribution in [0.1, 0.15) is 55.6 Å². The van der Waals surface area contributed by atoms with E-state index in [1.54, 1.807) is 6.20 Å². The molecule has 2 atom stereocenters. The Balaban J connectivity index is 1.67. The van der Waals surface area contributed by atoms with Gasteiger partial charge in [-0.05, 0) is 35.2 Å². The summed E-state index contributed by atoms with van der Waals surface area (Å²) in [6, 6.07) is 2.16. The SMILES string of the molecule is Cc1ncc(CNc2cc(C3CCCCC3C)nc3c(Br)cnn23)cn1. The second-order valence-corrected chi connectivity index (χ2v) is 8.01. The number of aromatic nitrogens is 5. The Morgan fingerprint density at radius 3 is 2.73 bits per heavy atom. The number of rotatable bonds is 4. The van der Waals surface area contributed by atoms with Crippen molar-refractivity contribution in [2.24, 2.45) is 5.92 Å². The minimum Gasteiger partial charge on any atom is -0.366 e. The normalized spacial score (nSPS) is 20.4. The third kappa shape index (κ3) is 3.45. The summed E-state index contributed by atoms with van der Waals surface area (Å²) in [6.45, 7) is 4.89. The molecule has 1 N–H and O–H groups in total. The molecule has 3 aromatic heterocycles. The van der Waals surface area contributed by atoms with E-state index in [0.29, 0.717) is 18.4 Å². The van der Waals surface area contributed by atoms with Crippen LogP contribution >= 0.6 is 15.9 Å². The van der Waals surface area contributed by atoms with Crippen molar-refractivity contribution in [2.75, 3.05) is 5.32 Å². The van der Waals surface area contributed by atoms with Gasteiger partial charge in [-0.3, -0.25) is 0 Å². The summed E-state index contributed by atoms with van der Waals surface area (Å²) in [7, 11) is 0. The Bertz CT molecular complexity index is 904. The number of fused-ring (bicyclic) bond motifs is 1. The highest BCUT2D eigenvalue weighted by Crippen LogP contribution is 2.38. The van der Waals surface area contributed by atoms with Crippen LogP contribution in [0.25, 0.3) is 5.65 Å². The van der Waals surface area contributed by atoms with E-state index in [1.807, 2.05) is 23.8 Å². The summed E-state index contributed by atoms with van der Waals surface area (Å²) in [4.78, 5) is 13.5. The number of halogens is 1. The molecule has 2 unspecified atom stereocenters. The molecule has 0 bridgehead atoms. The fourth-order valence-corrected chi connectivity index (χ4v) is 4.08. The van der Waals surface area contributed by atoms with Gasteiger partial charge in [0.15, 0.2) is 5.65 Å². The molecule has 0 aromatic carbocycles. The van der Waals surface area contributed by atoms with E-state index in [2.05, 4.69) is 49.3 Å². The van der Waals surface area contributed by atoms with Gasteiger partial charge in [0.1, 0.15) is 11.6 Å². The summed E-state index contributed by atoms with van der Waals surface area (Å²) in [6.07, 6.45) is 10.6. The Labute approximate surface area is 161 Å². The Hall–Kier alpha value is -2.02. The van der Waals surface area contributed by atoms with Crippen molar-refractivity contribution >= 4 is 27.4 Å². The monoisotopic (exact) mass is 414 g/mol. The highest BCUT2D eigenvalue weighted by molar-refractivity contribution is 9.10. The van der Waals surface area contributed by atoms with Gasteiger partial charge in [0, 0.05) is 42.2 Å². The lowest BCUT2D eigenvalue weighted by Gasteiger charge is -2.28. The fraction of sp³-hybridized carbons (Fsp3) is 0.474. The standard InChI is InChI=1S/C19H23BrN6/c1-12-5-3-4-6-15(12)17-7-18(26-19(25-17)16(20)11-24-26)23-10-14-8-21-13(2)22-9-14/h7-9,11-12,15,23H,3-6,10H2,1-2H3. The van der Waals surface area contributed by atoms with E-state index in [0.717, 1.165) is 33.0 Å². The first-order valence-electron chi connectivity index (χ1n) is 9.17. The van der Waals surface area contributed by atoms with Gasteiger partial charge in [-0.15, -0.1) is 0 Å². The number of hydrogen-bond acceptors (Lipinski definition) is 5. The first-order chi connectivity index (χ1) is 12.6. The minimum atomic E-state index is 0.513. The summed E-state index contributed by atoms with van der Waals surface area (Å²) >= 11 is 3.58. The zero-order valence-electron chi connectivity index (χ0n) is 15.1. The van der Waals surface area contributed by atoms with Gasteiger partial charge in [0.25, 0.3) is 0 Å². The van der Waals surface area contributed by atoms with Crippen LogP contribution in [0, 0.1) is 12.8 Å². The van der Waals surface area contributed by atoms with Crippen LogP contribution in [0.5, 0.6) is 0 Å². The van der Waals surface area contributed by atoms with Gasteiger partial charge >= 0.3 is 0 Å². The molecule has 136 valence electrons. The fourth-order valence-electron chi connectivity index (χ4n) is 3.73. The lowest BCUT2D eigenvalue weighted by atomic mass is 9.78. The first kappa shape index (κ1) is 17.4. The number of nitrogens with one attached hydrogen (secondary N) is 1. The van der Waals surface area contributed by atoms with Crippen LogP contribution in [-0.4, -0.2) is 24.6 Å². The summed E-state index contributed by atoms with van der Waals surface area (Å²) in [5, 5.41) is 7.95. The van der Waals surface area contributed by atoms with Crippen molar-refractivity contribution in [3.05, 3.63) is 46.2 Å². The van der Waals surface area contributed by atoms with Crippen LogP contribution in [-0.2, 0) is 6.54 Å². The zero-order chi connectivity index (χ0) is 18.1. The van der Waals surface area contributed by atoms with Crippen LogP contribution in [0.4, 0.5) is 5.82 Å². The van der Waals surface area contributed by atoms with Crippen molar-refractivity contribution in [2.45, 2.75) is 52.0 Å². The molecule has 1 fully saturated rings. The molecular weight excluding hydrogens is 392 g/mol. The van der Waals surface area contributed by atoms with Crippen molar-refractivity contribution in [1.82, 2.24) is 24.6 Å². The largest absolute Gasteiger partial charge is 0.366 e. The van der Waals surface area contributed by atoms with Crippen molar-refractivity contribution in [3.63, 3.8) is 0 Å². The third-order valence-electron chi connectivity index (χ3n) is 5.25. The second kappa shape index (κ2) is 7.31. The molecule has 3 heterocycles. The van der Waals surface area contributed by atoms with E-state index < -0.39 is 0 Å². The van der Waals surface area contributed by atoms with E-state index in [-0.39, 0.29) is 0 Å². The molecule has 4 rings (SSSR count). The summed E-state index contributed by atoms with van der Waals surface area (Å²) < 4.78 is 2.78. The predicted molar refractivity (Wildman–Crippen MR) is 105 cm³/mol. The topological polar surface area (TPSA) is 68.0 Å². The second-order valence-electron chi connectivity index (χ2n) is 7.15. The summed E-state index contributed by atoms with van der Waals surface area (Å²) in [5.41, 5.74) is 3.07. The molecule has 0 spiro atoms. The van der Waals surface area contributed by atoms with Crippen LogP contribution < -0.4 is 5.32 Å². The molecule has 0 saturated heterocycles. The quantitative estimate of drug-likeness (QED) is 0.680. The number of aryl methyl sites for hydroxylation is 1. The van der Waals surface area contributed by atoms with Crippen LogP contribution in [0.2, 0.25) is 0 Å². The Morgan fingerprint density at radius 1 is 1.19 bits per heavy atom. The van der Waals surface area contributed by atoms with Crippen LogP contribution in [0.3, 0.4) is 0 Å². The molecule has 0 radical (unpaired) electrons. The van der Waals surface area contributed by atoms with Gasteiger partial charge in [-0.25, -0.2) is 15.0 Å². The maximum atomic E-state index is 4.92. The minimum absolute atomic E-state index is 0.513. The van der Waals surface area contributed by atoms with Crippen LogP contribution in [0.15, 0.2) is 29.1 Å². The van der Waals surface area contributed by atoms with Gasteiger partial charge in [-0.2, -0.15) is 9.61 Å². The molecule has 7 heteroatoms. The molecule has 26 heavy (non-hydrogen) atoms. The van der Waals surface area contributed by atoms with E-state index in [4.69, 9.17) is 4.98 Å². The predicted octanol–water partition coefficient (Wildman–Crippen LogP) is 4.50. The smallest absolute Gasteiger partial charge is 0.171 e. The lowest BCUT2D eigenvalue weighted by molar-refractivity contribution is 0.325. The van der Waals surface area contributed by atoms with Gasteiger partial charge in [-0.1, -0.05) is 26.2 Å². The zero-order valence-corrected chi connectivity index (χ0v) is 16.7. The molecule has 0 amide bonds. The molecule has 1 aliphatic rings. The van der Waals surface area contributed by atoms with E-state index in [9.17, 15) is 0 Å². The molecule has 3 aromatic rings. The van der Waals surface area contributed by atoms with Crippen molar-refractivity contribution in [3.8, 4) is 0 Å². The highest BCUT2D eigenvalue weighted by atomic mass is 79.9. The summed E-state index contributed by atoms with van der Waals surface area (Å²) in [5.74, 6) is 2.91. The highest BCUT2D eigenvalue weighted by Gasteiger charge is 2.25. The number of nitrogens with zero attached hydrogens (tertiary/aromatic N) is 5. The molecule has 6 nitrogen and oxygen atoms in total. The van der Waals surface area contributed by atoms with E-state index in [1.165, 1.54) is 25.7 Å².